The summed E-state index contributed by atoms with van der Waals surface area (Å²) in [5, 5.41) is 10.6. The number of nitrogens with one attached hydrogen (secondary N) is 2. The molecule has 0 aliphatic carbocycles. The Kier molecular flexibility index (Phi) is 6.85. The Hall–Kier alpha value is -4.27. The molecular weight excluding hydrogens is 466 g/mol. The van der Waals surface area contributed by atoms with Gasteiger partial charge in [-0.3, -0.25) is 10.1 Å². The Bertz CT molecular complexity index is 1340. The molecule has 0 atom stereocenters. The number of nitrogens with zero attached hydrogens (tertiary/aromatic N) is 5. The van der Waals surface area contributed by atoms with E-state index in [1.807, 2.05) is 62.2 Å². The van der Waals surface area contributed by atoms with Crippen molar-refractivity contribution in [3.63, 3.8) is 0 Å². The standard InChI is InChI=1S/C28H31N7O2/c1-28(2,3)37-27(36)35-15-11-20(12-16-35)19-6-8-22(9-7-19)32-26-30-14-10-24(33-26)23-18-31-34-25(23)21-5-4-13-29-17-21/h4-10,13-14,17-18,20H,11-12,15-16H2,1-3H3,(H,31,34)(H,30,32,33). The number of amides is 1. The number of likely N-dealkylation sites (tertiary alicyclic amines) is 1. The Morgan fingerprint density at radius 2 is 1.86 bits per heavy atom. The highest BCUT2D eigenvalue weighted by molar-refractivity contribution is 5.78. The fourth-order valence-electron chi connectivity index (χ4n) is 4.47. The minimum Gasteiger partial charge on any atom is -0.444 e. The van der Waals surface area contributed by atoms with Gasteiger partial charge in [-0.1, -0.05) is 12.1 Å². The molecule has 9 heteroatoms. The number of pyridine rings is 1. The van der Waals surface area contributed by atoms with Crippen LogP contribution in [0, 0.1) is 0 Å². The lowest BCUT2D eigenvalue weighted by molar-refractivity contribution is 0.0205. The lowest BCUT2D eigenvalue weighted by Crippen LogP contribution is -2.41. The van der Waals surface area contributed by atoms with Gasteiger partial charge in [0.2, 0.25) is 5.95 Å². The van der Waals surface area contributed by atoms with Crippen molar-refractivity contribution in [1.82, 2.24) is 30.0 Å². The normalized spacial score (nSPS) is 14.4. The Morgan fingerprint density at radius 1 is 1.08 bits per heavy atom. The third kappa shape index (κ3) is 5.94. The number of ether oxygens (including phenoxy) is 1. The molecule has 1 saturated heterocycles. The molecule has 5 rings (SSSR count). The highest BCUT2D eigenvalue weighted by Gasteiger charge is 2.27. The summed E-state index contributed by atoms with van der Waals surface area (Å²) in [5.74, 6) is 0.925. The minimum atomic E-state index is -0.472. The summed E-state index contributed by atoms with van der Waals surface area (Å²) in [6.07, 6.45) is 8.69. The number of hydrogen-bond donors (Lipinski definition) is 2. The van der Waals surface area contributed by atoms with Crippen molar-refractivity contribution in [2.75, 3.05) is 18.4 Å². The van der Waals surface area contributed by atoms with E-state index in [4.69, 9.17) is 9.72 Å². The van der Waals surface area contributed by atoms with E-state index in [1.54, 1.807) is 18.6 Å². The van der Waals surface area contributed by atoms with Crippen LogP contribution in [0.1, 0.15) is 45.1 Å². The maximum atomic E-state index is 12.3. The van der Waals surface area contributed by atoms with Crippen LogP contribution < -0.4 is 5.32 Å². The molecule has 4 aromatic rings. The van der Waals surface area contributed by atoms with E-state index in [9.17, 15) is 4.79 Å². The second-order valence-corrected chi connectivity index (χ2v) is 10.1. The van der Waals surface area contributed by atoms with Crippen LogP contribution in [0.15, 0.2) is 67.3 Å². The number of rotatable bonds is 5. The van der Waals surface area contributed by atoms with Gasteiger partial charge < -0.3 is 15.0 Å². The number of carbonyl (C=O) groups is 1. The molecule has 1 aliphatic heterocycles. The molecule has 1 aliphatic rings. The van der Waals surface area contributed by atoms with Crippen molar-refractivity contribution in [1.29, 1.82) is 0 Å². The van der Waals surface area contributed by atoms with Crippen LogP contribution in [-0.4, -0.2) is 54.8 Å². The first kappa shape index (κ1) is 24.4. The molecule has 0 bridgehead atoms. The Balaban J connectivity index is 1.22. The lowest BCUT2D eigenvalue weighted by atomic mass is 9.89. The summed E-state index contributed by atoms with van der Waals surface area (Å²) in [6.45, 7) is 7.09. The van der Waals surface area contributed by atoms with E-state index in [-0.39, 0.29) is 6.09 Å². The van der Waals surface area contributed by atoms with E-state index in [0.717, 1.165) is 41.0 Å². The van der Waals surface area contributed by atoms with Crippen LogP contribution in [0.3, 0.4) is 0 Å². The molecule has 1 amide bonds. The first-order valence-corrected chi connectivity index (χ1v) is 12.5. The fourth-order valence-corrected chi connectivity index (χ4v) is 4.47. The monoisotopic (exact) mass is 497 g/mol. The van der Waals surface area contributed by atoms with Gasteiger partial charge in [-0.25, -0.2) is 14.8 Å². The summed E-state index contributed by atoms with van der Waals surface area (Å²) in [5.41, 5.74) is 5.06. The maximum absolute atomic E-state index is 12.3. The number of H-pyrrole nitrogens is 1. The lowest BCUT2D eigenvalue weighted by Gasteiger charge is -2.33. The summed E-state index contributed by atoms with van der Waals surface area (Å²) in [6, 6.07) is 14.1. The number of benzene rings is 1. The maximum Gasteiger partial charge on any atom is 0.410 e. The molecule has 1 fully saturated rings. The first-order chi connectivity index (χ1) is 17.9. The second kappa shape index (κ2) is 10.4. The average Bonchev–Trinajstić information content (AvgIpc) is 3.39. The van der Waals surface area contributed by atoms with Gasteiger partial charge in [0.15, 0.2) is 0 Å². The van der Waals surface area contributed by atoms with Crippen LogP contribution in [0.4, 0.5) is 16.4 Å². The molecule has 1 aromatic carbocycles. The molecule has 190 valence electrons. The minimum absolute atomic E-state index is 0.226. The van der Waals surface area contributed by atoms with E-state index >= 15 is 0 Å². The van der Waals surface area contributed by atoms with Crippen molar-refractivity contribution in [2.24, 2.45) is 0 Å². The Labute approximate surface area is 216 Å². The first-order valence-electron chi connectivity index (χ1n) is 12.5. The van der Waals surface area contributed by atoms with Crippen LogP contribution in [0.5, 0.6) is 0 Å². The van der Waals surface area contributed by atoms with Crippen molar-refractivity contribution in [3.8, 4) is 22.5 Å². The molecule has 0 saturated carbocycles. The largest absolute Gasteiger partial charge is 0.444 e. The van der Waals surface area contributed by atoms with E-state index < -0.39 is 5.60 Å². The summed E-state index contributed by atoms with van der Waals surface area (Å²) >= 11 is 0. The highest BCUT2D eigenvalue weighted by atomic mass is 16.6. The van der Waals surface area contributed by atoms with Crippen molar-refractivity contribution >= 4 is 17.7 Å². The molecule has 0 spiro atoms. The molecule has 0 radical (unpaired) electrons. The number of aromatic nitrogens is 5. The van der Waals surface area contributed by atoms with Gasteiger partial charge in [0.25, 0.3) is 0 Å². The molecule has 9 nitrogen and oxygen atoms in total. The van der Waals surface area contributed by atoms with Gasteiger partial charge in [-0.15, -0.1) is 0 Å². The second-order valence-electron chi connectivity index (χ2n) is 10.1. The molecular formula is C28H31N7O2. The van der Waals surface area contributed by atoms with Crippen LogP contribution >= 0.6 is 0 Å². The van der Waals surface area contributed by atoms with Crippen molar-refractivity contribution in [3.05, 3.63) is 72.8 Å². The van der Waals surface area contributed by atoms with Gasteiger partial charge in [0.1, 0.15) is 11.3 Å². The number of anilines is 2. The topological polar surface area (TPSA) is 109 Å². The molecule has 2 N–H and O–H groups in total. The van der Waals surface area contributed by atoms with Crippen LogP contribution in [-0.2, 0) is 4.74 Å². The third-order valence-electron chi connectivity index (χ3n) is 6.29. The zero-order valence-electron chi connectivity index (χ0n) is 21.3. The predicted octanol–water partition coefficient (Wildman–Crippen LogP) is 5.79. The van der Waals surface area contributed by atoms with E-state index in [2.05, 4.69) is 37.6 Å². The smallest absolute Gasteiger partial charge is 0.410 e. The number of piperidine rings is 1. The van der Waals surface area contributed by atoms with Gasteiger partial charge in [-0.05, 0) is 75.4 Å². The zero-order valence-corrected chi connectivity index (χ0v) is 21.3. The van der Waals surface area contributed by atoms with Gasteiger partial charge in [-0.2, -0.15) is 5.10 Å². The fraction of sp³-hybridized carbons (Fsp3) is 0.321. The quantitative estimate of drug-likeness (QED) is 0.359. The highest BCUT2D eigenvalue weighted by Crippen LogP contribution is 2.31. The number of carbonyl (C=O) groups excluding carboxylic acids is 1. The van der Waals surface area contributed by atoms with Gasteiger partial charge in [0, 0.05) is 54.7 Å². The van der Waals surface area contributed by atoms with E-state index in [1.165, 1.54) is 5.56 Å². The molecule has 0 unspecified atom stereocenters. The summed E-state index contributed by atoms with van der Waals surface area (Å²) in [4.78, 5) is 27.4. The number of aromatic amines is 1. The summed E-state index contributed by atoms with van der Waals surface area (Å²) in [7, 11) is 0. The average molecular weight is 498 g/mol. The van der Waals surface area contributed by atoms with Crippen molar-refractivity contribution < 1.29 is 9.53 Å². The van der Waals surface area contributed by atoms with Gasteiger partial charge in [0.05, 0.1) is 5.69 Å². The third-order valence-corrected chi connectivity index (χ3v) is 6.29. The van der Waals surface area contributed by atoms with Crippen molar-refractivity contribution in [2.45, 2.75) is 45.1 Å². The SMILES string of the molecule is CC(C)(C)OC(=O)N1CCC(c2ccc(Nc3nccc(-c4c[nH]nc4-c4cccnc4)n3)cc2)CC1. The Morgan fingerprint density at radius 3 is 2.57 bits per heavy atom. The van der Waals surface area contributed by atoms with Gasteiger partial charge >= 0.3 is 6.09 Å². The van der Waals surface area contributed by atoms with Crippen LogP contribution in [0.2, 0.25) is 0 Å². The van der Waals surface area contributed by atoms with Crippen LogP contribution in [0.25, 0.3) is 22.5 Å². The molecule has 4 heterocycles. The predicted molar refractivity (Wildman–Crippen MR) is 142 cm³/mol. The number of hydrogen-bond acceptors (Lipinski definition) is 7. The molecule has 3 aromatic heterocycles. The molecule has 37 heavy (non-hydrogen) atoms. The zero-order chi connectivity index (χ0) is 25.8. The van der Waals surface area contributed by atoms with E-state index in [0.29, 0.717) is 25.0 Å². The summed E-state index contributed by atoms with van der Waals surface area (Å²) < 4.78 is 5.51.